The average molecular weight is 624 g/mol. The minimum absolute atomic E-state index is 0.133. The van der Waals surface area contributed by atoms with E-state index in [-0.39, 0.29) is 18.7 Å². The summed E-state index contributed by atoms with van der Waals surface area (Å²) in [5.74, 6) is -2.31. The minimum atomic E-state index is -4.87. The molecule has 0 aliphatic heterocycles. The Bertz CT molecular complexity index is 1580. The Morgan fingerprint density at radius 2 is 1.36 bits per heavy atom. The van der Waals surface area contributed by atoms with E-state index in [9.17, 15) is 41.0 Å². The number of hydrogen-bond acceptors (Lipinski definition) is 7. The van der Waals surface area contributed by atoms with E-state index in [1.807, 2.05) is 0 Å². The number of aromatic nitrogens is 2. The van der Waals surface area contributed by atoms with Gasteiger partial charge in [-0.15, -0.1) is 26.3 Å². The van der Waals surface area contributed by atoms with Crippen molar-refractivity contribution < 1.29 is 55.2 Å². The van der Waals surface area contributed by atoms with Crippen molar-refractivity contribution in [3.8, 4) is 34.0 Å². The Balaban J connectivity index is 1.59. The number of aliphatic hydroxyl groups is 1. The van der Waals surface area contributed by atoms with Crippen molar-refractivity contribution in [1.29, 1.82) is 0 Å². The fraction of sp³-hybridized carbons (Fsp3) is 0.207. The van der Waals surface area contributed by atoms with Crippen LogP contribution in [0.25, 0.3) is 22.5 Å². The predicted octanol–water partition coefficient (Wildman–Crippen LogP) is 5.33. The molecule has 1 atom stereocenters. The van der Waals surface area contributed by atoms with Crippen LogP contribution in [0.5, 0.6) is 11.5 Å². The zero-order chi connectivity index (χ0) is 32.1. The highest BCUT2D eigenvalue weighted by molar-refractivity contribution is 5.94. The summed E-state index contributed by atoms with van der Waals surface area (Å²) in [5.41, 5.74) is 2.63. The number of benzene rings is 3. The van der Waals surface area contributed by atoms with Crippen molar-refractivity contribution in [2.45, 2.75) is 25.4 Å². The number of rotatable bonds is 10. The van der Waals surface area contributed by atoms with Crippen molar-refractivity contribution in [3.05, 3.63) is 90.0 Å². The second-order valence-corrected chi connectivity index (χ2v) is 9.16. The zero-order valence-electron chi connectivity index (χ0n) is 22.6. The first kappa shape index (κ1) is 31.9. The lowest BCUT2D eigenvalue weighted by Crippen LogP contribution is -2.37. The van der Waals surface area contributed by atoms with Gasteiger partial charge in [0.1, 0.15) is 11.5 Å². The van der Waals surface area contributed by atoms with Gasteiger partial charge in [-0.1, -0.05) is 12.1 Å². The van der Waals surface area contributed by atoms with Crippen LogP contribution in [0.4, 0.5) is 26.3 Å². The molecule has 1 aromatic heterocycles. The van der Waals surface area contributed by atoms with E-state index in [4.69, 9.17) is 0 Å². The fourth-order valence-electron chi connectivity index (χ4n) is 4.01. The van der Waals surface area contributed by atoms with Gasteiger partial charge in [0.25, 0.3) is 5.91 Å². The minimum Gasteiger partial charge on any atom is -0.467 e. The molecule has 0 aliphatic rings. The Morgan fingerprint density at radius 1 is 0.841 bits per heavy atom. The average Bonchev–Trinajstić information content (AvgIpc) is 3.38. The molecule has 1 unspecified atom stereocenters. The monoisotopic (exact) mass is 623 g/mol. The van der Waals surface area contributed by atoms with Crippen molar-refractivity contribution in [2.24, 2.45) is 0 Å². The molecule has 0 aliphatic carbocycles. The van der Waals surface area contributed by atoms with Gasteiger partial charge in [-0.3, -0.25) is 9.48 Å². The number of amides is 1. The number of halogens is 6. The van der Waals surface area contributed by atoms with Gasteiger partial charge in [0, 0.05) is 16.7 Å². The Labute approximate surface area is 245 Å². The summed E-state index contributed by atoms with van der Waals surface area (Å²) in [6, 6.07) is 17.9. The summed E-state index contributed by atoms with van der Waals surface area (Å²) in [6.45, 7) is -0.225. The van der Waals surface area contributed by atoms with Crippen molar-refractivity contribution in [2.75, 3.05) is 13.7 Å². The van der Waals surface area contributed by atoms with Gasteiger partial charge >= 0.3 is 18.7 Å². The van der Waals surface area contributed by atoms with E-state index in [2.05, 4.69) is 24.6 Å². The largest absolute Gasteiger partial charge is 0.573 e. The number of carbonyl (C=O) groups excluding carboxylic acids is 2. The van der Waals surface area contributed by atoms with E-state index in [1.54, 1.807) is 18.2 Å². The predicted molar refractivity (Wildman–Crippen MR) is 142 cm³/mol. The molecule has 0 spiro atoms. The highest BCUT2D eigenvalue weighted by Gasteiger charge is 2.32. The molecular weight excluding hydrogens is 600 g/mol. The van der Waals surface area contributed by atoms with Gasteiger partial charge < -0.3 is 24.6 Å². The van der Waals surface area contributed by atoms with E-state index >= 15 is 0 Å². The molecule has 232 valence electrons. The maximum atomic E-state index is 12.6. The molecule has 4 aromatic rings. The molecular formula is C29H23F6N3O6. The molecule has 3 aromatic carbocycles. The van der Waals surface area contributed by atoms with E-state index in [0.717, 1.165) is 31.4 Å². The summed E-state index contributed by atoms with van der Waals surface area (Å²) in [7, 11) is 1.10. The van der Waals surface area contributed by atoms with Crippen LogP contribution in [0.1, 0.15) is 15.9 Å². The molecule has 0 bridgehead atoms. The number of esters is 1. The quantitative estimate of drug-likeness (QED) is 0.182. The molecule has 1 heterocycles. The number of hydrogen-bond donors (Lipinski definition) is 2. The normalized spacial score (nSPS) is 12.4. The summed E-state index contributed by atoms with van der Waals surface area (Å²) in [5, 5.41) is 16.6. The van der Waals surface area contributed by atoms with Crippen LogP contribution in [-0.2, 0) is 16.1 Å². The van der Waals surface area contributed by atoms with E-state index in [0.29, 0.717) is 28.1 Å². The lowest BCUT2D eigenvalue weighted by atomic mass is 10.1. The standard InChI is InChI=1S/C29H23F6N3O6/c1-42-27(41)25(39)15-36-26(40)20-4-2-17(3-5-20)16-38-24(19-8-12-22(13-9-19)44-29(33,34)35)14-23(37-38)18-6-10-21(11-7-18)43-28(30,31)32/h2-14,25,39H,15-16H2,1H3,(H,36,40). The van der Waals surface area contributed by atoms with Crippen molar-refractivity contribution in [3.63, 3.8) is 0 Å². The fourth-order valence-corrected chi connectivity index (χ4v) is 4.01. The number of methoxy groups -OCH3 is 1. The lowest BCUT2D eigenvalue weighted by molar-refractivity contribution is -0.275. The lowest BCUT2D eigenvalue weighted by Gasteiger charge is -2.11. The number of nitrogens with zero attached hydrogens (tertiary/aromatic N) is 2. The third kappa shape index (κ3) is 8.73. The third-order valence-electron chi connectivity index (χ3n) is 6.02. The van der Waals surface area contributed by atoms with Crippen LogP contribution in [-0.4, -0.2) is 59.2 Å². The number of ether oxygens (including phenoxy) is 3. The van der Waals surface area contributed by atoms with Gasteiger partial charge in [-0.25, -0.2) is 4.79 Å². The first-order chi connectivity index (χ1) is 20.7. The molecule has 9 nitrogen and oxygen atoms in total. The topological polar surface area (TPSA) is 112 Å². The number of alkyl halides is 6. The van der Waals surface area contributed by atoms with Crippen LogP contribution in [0.3, 0.4) is 0 Å². The molecule has 4 rings (SSSR count). The molecule has 0 saturated carbocycles. The SMILES string of the molecule is COC(=O)C(O)CNC(=O)c1ccc(Cn2nc(-c3ccc(OC(F)(F)F)cc3)cc2-c2ccc(OC(F)(F)F)cc2)cc1. The Morgan fingerprint density at radius 3 is 1.86 bits per heavy atom. The number of nitrogens with one attached hydrogen (secondary N) is 1. The van der Waals surface area contributed by atoms with Gasteiger partial charge in [-0.05, 0) is 72.3 Å². The first-order valence-electron chi connectivity index (χ1n) is 12.6. The zero-order valence-corrected chi connectivity index (χ0v) is 22.6. The van der Waals surface area contributed by atoms with Gasteiger partial charge in [0.05, 0.1) is 31.6 Å². The molecule has 1 amide bonds. The third-order valence-corrected chi connectivity index (χ3v) is 6.02. The summed E-state index contributed by atoms with van der Waals surface area (Å²) >= 11 is 0. The summed E-state index contributed by atoms with van der Waals surface area (Å²) < 4.78 is 89.3. The molecule has 0 radical (unpaired) electrons. The second-order valence-electron chi connectivity index (χ2n) is 9.16. The molecule has 0 saturated heterocycles. The van der Waals surface area contributed by atoms with Crippen molar-refractivity contribution in [1.82, 2.24) is 15.1 Å². The molecule has 15 heteroatoms. The van der Waals surface area contributed by atoms with Gasteiger partial charge in [0.2, 0.25) is 0 Å². The highest BCUT2D eigenvalue weighted by atomic mass is 19.4. The molecule has 44 heavy (non-hydrogen) atoms. The van der Waals surface area contributed by atoms with E-state index < -0.39 is 42.2 Å². The summed E-state index contributed by atoms with van der Waals surface area (Å²) in [4.78, 5) is 23.7. The van der Waals surface area contributed by atoms with Crippen LogP contribution >= 0.6 is 0 Å². The van der Waals surface area contributed by atoms with Gasteiger partial charge in [-0.2, -0.15) is 5.10 Å². The molecule has 2 N–H and O–H groups in total. The Hall–Kier alpha value is -5.05. The number of carbonyl (C=O) groups is 2. The molecule has 0 fully saturated rings. The Kier molecular flexibility index (Phi) is 9.47. The van der Waals surface area contributed by atoms with E-state index in [1.165, 1.54) is 41.1 Å². The number of aliphatic hydroxyl groups excluding tert-OH is 1. The highest BCUT2D eigenvalue weighted by Crippen LogP contribution is 2.31. The van der Waals surface area contributed by atoms with Crippen LogP contribution in [0, 0.1) is 0 Å². The maximum absolute atomic E-state index is 12.6. The smallest absolute Gasteiger partial charge is 0.467 e. The van der Waals surface area contributed by atoms with Gasteiger partial charge in [0.15, 0.2) is 6.10 Å². The second kappa shape index (κ2) is 13.1. The van der Waals surface area contributed by atoms with Crippen LogP contribution in [0.2, 0.25) is 0 Å². The van der Waals surface area contributed by atoms with Crippen LogP contribution in [0.15, 0.2) is 78.9 Å². The maximum Gasteiger partial charge on any atom is 0.573 e. The summed E-state index contributed by atoms with van der Waals surface area (Å²) in [6.07, 6.45) is -11.3. The van der Waals surface area contributed by atoms with Crippen LogP contribution < -0.4 is 14.8 Å². The first-order valence-corrected chi connectivity index (χ1v) is 12.6. The van der Waals surface area contributed by atoms with Crippen molar-refractivity contribution >= 4 is 11.9 Å².